The standard InChI is InChI=1S/C20H24N4O/c1-3-9-24(10-4-2)20-13-18(22-14-23-20)19(25)12-15-5-6-17-16(11-15)7-8-21-17/h5-8,11,13-14,21H,3-4,9-10,12H2,1-2H3. The Labute approximate surface area is 148 Å². The summed E-state index contributed by atoms with van der Waals surface area (Å²) in [5, 5.41) is 1.12. The van der Waals surface area contributed by atoms with E-state index in [-0.39, 0.29) is 5.78 Å². The molecule has 0 spiro atoms. The van der Waals surface area contributed by atoms with Crippen molar-refractivity contribution in [2.24, 2.45) is 0 Å². The first-order valence-corrected chi connectivity index (χ1v) is 8.87. The highest BCUT2D eigenvalue weighted by Crippen LogP contribution is 2.17. The van der Waals surface area contributed by atoms with Gasteiger partial charge in [-0.1, -0.05) is 19.9 Å². The van der Waals surface area contributed by atoms with Crippen molar-refractivity contribution in [3.8, 4) is 0 Å². The number of H-pyrrole nitrogens is 1. The van der Waals surface area contributed by atoms with Gasteiger partial charge >= 0.3 is 0 Å². The lowest BCUT2D eigenvalue weighted by molar-refractivity contribution is 0.0988. The number of ketones is 1. The summed E-state index contributed by atoms with van der Waals surface area (Å²) in [6.45, 7) is 6.16. The Morgan fingerprint density at radius 1 is 1.08 bits per heavy atom. The molecule has 0 aliphatic carbocycles. The molecule has 0 atom stereocenters. The van der Waals surface area contributed by atoms with Crippen molar-refractivity contribution in [1.82, 2.24) is 15.0 Å². The minimum Gasteiger partial charge on any atom is -0.361 e. The first-order valence-electron chi connectivity index (χ1n) is 8.87. The minimum absolute atomic E-state index is 0.0199. The summed E-state index contributed by atoms with van der Waals surface area (Å²) in [5.74, 6) is 0.856. The Balaban J connectivity index is 1.78. The zero-order chi connectivity index (χ0) is 17.6. The van der Waals surface area contributed by atoms with Crippen LogP contribution in [0.25, 0.3) is 10.9 Å². The molecule has 0 unspecified atom stereocenters. The van der Waals surface area contributed by atoms with Gasteiger partial charge in [-0.15, -0.1) is 0 Å². The van der Waals surface area contributed by atoms with Crippen LogP contribution in [0.5, 0.6) is 0 Å². The van der Waals surface area contributed by atoms with Crippen molar-refractivity contribution < 1.29 is 4.79 Å². The third-order valence-corrected chi connectivity index (χ3v) is 4.23. The molecule has 0 aliphatic heterocycles. The Morgan fingerprint density at radius 3 is 2.64 bits per heavy atom. The number of fused-ring (bicyclic) bond motifs is 1. The number of benzene rings is 1. The van der Waals surface area contributed by atoms with Crippen LogP contribution in [-0.4, -0.2) is 33.8 Å². The Morgan fingerprint density at radius 2 is 1.88 bits per heavy atom. The number of nitrogens with zero attached hydrogens (tertiary/aromatic N) is 3. The summed E-state index contributed by atoms with van der Waals surface area (Å²) in [6, 6.07) is 9.88. The Hall–Kier alpha value is -2.69. The van der Waals surface area contributed by atoms with Crippen molar-refractivity contribution in [3.63, 3.8) is 0 Å². The molecule has 0 saturated heterocycles. The van der Waals surface area contributed by atoms with E-state index in [4.69, 9.17) is 0 Å². The van der Waals surface area contributed by atoms with Gasteiger partial charge in [0.1, 0.15) is 17.8 Å². The van der Waals surface area contributed by atoms with Crippen LogP contribution in [0.4, 0.5) is 5.82 Å². The predicted octanol–water partition coefficient (Wildman–Crippen LogP) is 4.01. The molecule has 2 heterocycles. The number of hydrogen-bond donors (Lipinski definition) is 1. The van der Waals surface area contributed by atoms with Gasteiger partial charge in [0.15, 0.2) is 5.78 Å². The molecule has 2 aromatic heterocycles. The van der Waals surface area contributed by atoms with Crippen LogP contribution >= 0.6 is 0 Å². The summed E-state index contributed by atoms with van der Waals surface area (Å²) in [4.78, 5) is 26.6. The average Bonchev–Trinajstić information content (AvgIpc) is 3.09. The molecular formula is C20H24N4O. The minimum atomic E-state index is 0.0199. The van der Waals surface area contributed by atoms with E-state index in [1.165, 1.54) is 6.33 Å². The van der Waals surface area contributed by atoms with Gasteiger partial charge in [-0.2, -0.15) is 0 Å². The monoisotopic (exact) mass is 336 g/mol. The van der Waals surface area contributed by atoms with E-state index in [2.05, 4.69) is 33.7 Å². The van der Waals surface area contributed by atoms with Crippen LogP contribution in [-0.2, 0) is 6.42 Å². The molecule has 3 aromatic rings. The summed E-state index contributed by atoms with van der Waals surface area (Å²) in [7, 11) is 0. The fourth-order valence-electron chi connectivity index (χ4n) is 3.04. The number of rotatable bonds is 8. The summed E-state index contributed by atoms with van der Waals surface area (Å²) in [5.41, 5.74) is 2.56. The van der Waals surface area contributed by atoms with Gasteiger partial charge in [-0.3, -0.25) is 4.79 Å². The molecule has 0 fully saturated rings. The molecule has 130 valence electrons. The molecule has 1 aromatic carbocycles. The number of aromatic nitrogens is 3. The SMILES string of the molecule is CCCN(CCC)c1cc(C(=O)Cc2ccc3[nH]ccc3c2)ncn1. The van der Waals surface area contributed by atoms with E-state index >= 15 is 0 Å². The van der Waals surface area contributed by atoms with Crippen molar-refractivity contribution in [2.75, 3.05) is 18.0 Å². The fraction of sp³-hybridized carbons (Fsp3) is 0.350. The smallest absolute Gasteiger partial charge is 0.185 e. The number of anilines is 1. The molecule has 5 nitrogen and oxygen atoms in total. The van der Waals surface area contributed by atoms with Crippen LogP contribution in [0, 0.1) is 0 Å². The first-order chi connectivity index (χ1) is 12.2. The number of carbonyl (C=O) groups excluding carboxylic acids is 1. The van der Waals surface area contributed by atoms with Crippen molar-refractivity contribution in [1.29, 1.82) is 0 Å². The number of hydrogen-bond acceptors (Lipinski definition) is 4. The molecule has 0 radical (unpaired) electrons. The number of Topliss-reactive ketones (excluding diaryl/α,β-unsaturated/α-hetero) is 1. The number of aromatic amines is 1. The van der Waals surface area contributed by atoms with Crippen molar-refractivity contribution in [2.45, 2.75) is 33.1 Å². The quantitative estimate of drug-likeness (QED) is 0.631. The topological polar surface area (TPSA) is 61.9 Å². The molecular weight excluding hydrogens is 312 g/mol. The molecule has 0 aliphatic rings. The number of nitrogens with one attached hydrogen (secondary N) is 1. The van der Waals surface area contributed by atoms with Gasteiger partial charge in [0.05, 0.1) is 0 Å². The molecule has 1 N–H and O–H groups in total. The van der Waals surface area contributed by atoms with Gasteiger partial charge in [0, 0.05) is 37.3 Å². The molecule has 0 saturated carbocycles. The molecule has 25 heavy (non-hydrogen) atoms. The Bertz CT molecular complexity index is 850. The van der Waals surface area contributed by atoms with E-state index in [1.807, 2.05) is 36.5 Å². The first kappa shape index (κ1) is 17.1. The lowest BCUT2D eigenvalue weighted by Gasteiger charge is -2.22. The highest BCUT2D eigenvalue weighted by atomic mass is 16.1. The van der Waals surface area contributed by atoms with E-state index < -0.39 is 0 Å². The lowest BCUT2D eigenvalue weighted by atomic mass is 10.1. The third-order valence-electron chi connectivity index (χ3n) is 4.23. The summed E-state index contributed by atoms with van der Waals surface area (Å²) in [6.07, 6.45) is 5.84. The Kier molecular flexibility index (Phi) is 5.43. The van der Waals surface area contributed by atoms with Gasteiger partial charge < -0.3 is 9.88 Å². The van der Waals surface area contributed by atoms with E-state index in [0.29, 0.717) is 12.1 Å². The average molecular weight is 336 g/mol. The highest BCUT2D eigenvalue weighted by Gasteiger charge is 2.13. The summed E-state index contributed by atoms with van der Waals surface area (Å²) < 4.78 is 0. The predicted molar refractivity (Wildman–Crippen MR) is 101 cm³/mol. The lowest BCUT2D eigenvalue weighted by Crippen LogP contribution is -2.26. The normalized spacial score (nSPS) is 11.0. The van der Waals surface area contributed by atoms with E-state index in [1.54, 1.807) is 0 Å². The van der Waals surface area contributed by atoms with Crippen LogP contribution in [0.2, 0.25) is 0 Å². The largest absolute Gasteiger partial charge is 0.361 e. The molecule has 5 heteroatoms. The van der Waals surface area contributed by atoms with Crippen LogP contribution in [0.3, 0.4) is 0 Å². The second-order valence-electron chi connectivity index (χ2n) is 6.25. The third kappa shape index (κ3) is 4.05. The second kappa shape index (κ2) is 7.92. The fourth-order valence-corrected chi connectivity index (χ4v) is 3.04. The molecule has 0 bridgehead atoms. The second-order valence-corrected chi connectivity index (χ2v) is 6.25. The van der Waals surface area contributed by atoms with Crippen LogP contribution < -0.4 is 4.90 Å². The van der Waals surface area contributed by atoms with Gasteiger partial charge in [0.2, 0.25) is 0 Å². The van der Waals surface area contributed by atoms with Gasteiger partial charge in [0.25, 0.3) is 0 Å². The van der Waals surface area contributed by atoms with Crippen LogP contribution in [0.1, 0.15) is 42.7 Å². The maximum atomic E-state index is 12.7. The maximum Gasteiger partial charge on any atom is 0.185 e. The van der Waals surface area contributed by atoms with Crippen molar-refractivity contribution in [3.05, 3.63) is 54.1 Å². The zero-order valence-corrected chi connectivity index (χ0v) is 14.8. The molecule has 3 rings (SSSR count). The highest BCUT2D eigenvalue weighted by molar-refractivity contribution is 5.96. The maximum absolute atomic E-state index is 12.7. The van der Waals surface area contributed by atoms with Gasteiger partial charge in [-0.25, -0.2) is 9.97 Å². The van der Waals surface area contributed by atoms with Crippen LogP contribution in [0.15, 0.2) is 42.9 Å². The molecule has 0 amide bonds. The zero-order valence-electron chi connectivity index (χ0n) is 14.8. The van der Waals surface area contributed by atoms with Crippen molar-refractivity contribution >= 4 is 22.5 Å². The van der Waals surface area contributed by atoms with E-state index in [9.17, 15) is 4.79 Å². The number of carbonyl (C=O) groups is 1. The van der Waals surface area contributed by atoms with Gasteiger partial charge in [-0.05, 0) is 42.0 Å². The van der Waals surface area contributed by atoms with E-state index in [0.717, 1.165) is 48.2 Å². The summed E-state index contributed by atoms with van der Waals surface area (Å²) >= 11 is 0.